The number of aliphatic hydroxyl groups excluding tert-OH is 1. The van der Waals surface area contributed by atoms with E-state index in [1.165, 1.54) is 7.11 Å². The van der Waals surface area contributed by atoms with Gasteiger partial charge in [0.1, 0.15) is 5.60 Å². The van der Waals surface area contributed by atoms with Crippen molar-refractivity contribution in [3.05, 3.63) is 17.7 Å². The van der Waals surface area contributed by atoms with Crippen molar-refractivity contribution in [3.8, 4) is 11.5 Å². The number of ether oxygens (including phenoxy) is 2. The number of rotatable bonds is 5. The van der Waals surface area contributed by atoms with Crippen LogP contribution in [0.1, 0.15) is 32.8 Å². The van der Waals surface area contributed by atoms with E-state index in [-0.39, 0.29) is 11.4 Å². The van der Waals surface area contributed by atoms with Gasteiger partial charge in [0.05, 0.1) is 12.8 Å². The van der Waals surface area contributed by atoms with Gasteiger partial charge in [-0.25, -0.2) is 13.6 Å². The van der Waals surface area contributed by atoms with Crippen LogP contribution in [0.5, 0.6) is 11.5 Å². The molecule has 0 heterocycles. The third-order valence-electron chi connectivity index (χ3n) is 2.78. The number of nitrogens with one attached hydrogen (secondary N) is 1. The number of hydrogen-bond acceptors (Lipinski definition) is 5. The van der Waals surface area contributed by atoms with E-state index in [0.29, 0.717) is 0 Å². The number of aliphatic hydroxyl groups is 1. The van der Waals surface area contributed by atoms with Gasteiger partial charge in [-0.3, -0.25) is 5.32 Å². The molecule has 130 valence electrons. The van der Waals surface area contributed by atoms with Gasteiger partial charge in [0.15, 0.2) is 11.5 Å². The van der Waals surface area contributed by atoms with Gasteiger partial charge in [-0.1, -0.05) is 0 Å². The second-order valence-corrected chi connectivity index (χ2v) is 5.88. The molecule has 3 N–H and O–H groups in total. The van der Waals surface area contributed by atoms with E-state index in [4.69, 9.17) is 14.6 Å². The lowest BCUT2D eigenvalue weighted by molar-refractivity contribution is -0.0271. The molecule has 1 rings (SSSR count). The molecule has 0 atom stereocenters. The number of phenols is 1. The van der Waals surface area contributed by atoms with Crippen LogP contribution in [0.25, 0.3) is 0 Å². The highest BCUT2D eigenvalue weighted by Crippen LogP contribution is 2.41. The molecular weight excluding hydrogens is 312 g/mol. The molecule has 0 aliphatic heterocycles. The van der Waals surface area contributed by atoms with Gasteiger partial charge in [-0.05, 0) is 32.9 Å². The van der Waals surface area contributed by atoms with Crippen LogP contribution in [-0.2, 0) is 10.7 Å². The molecule has 0 spiro atoms. The van der Waals surface area contributed by atoms with Crippen LogP contribution in [0.4, 0.5) is 19.3 Å². The minimum Gasteiger partial charge on any atom is -0.503 e. The number of carbonyl (C=O) groups excluding carboxylic acids is 1. The van der Waals surface area contributed by atoms with Crippen LogP contribution in [-0.4, -0.2) is 35.6 Å². The summed E-state index contributed by atoms with van der Waals surface area (Å²) in [5, 5.41) is 20.9. The maximum Gasteiger partial charge on any atom is 0.412 e. The summed E-state index contributed by atoms with van der Waals surface area (Å²) >= 11 is 0. The molecule has 1 amide bonds. The fraction of sp³-hybridized carbons (Fsp3) is 0.533. The zero-order chi connectivity index (χ0) is 17.8. The van der Waals surface area contributed by atoms with E-state index >= 15 is 0 Å². The van der Waals surface area contributed by atoms with Crippen LogP contribution in [0.15, 0.2) is 12.1 Å². The minimum absolute atomic E-state index is 0.230. The number of phenolic OH excluding ortho intramolecular Hbond substituents is 1. The first-order valence-electron chi connectivity index (χ1n) is 6.90. The topological polar surface area (TPSA) is 88.0 Å². The highest BCUT2D eigenvalue weighted by atomic mass is 19.3. The van der Waals surface area contributed by atoms with Crippen molar-refractivity contribution in [2.24, 2.45) is 0 Å². The molecule has 6 nitrogen and oxygen atoms in total. The SMILES string of the molecule is COc1cc(C(F)(F)CCO)cc(NC(=O)OC(C)(C)C)c1O. The third kappa shape index (κ3) is 5.24. The van der Waals surface area contributed by atoms with E-state index in [1.807, 2.05) is 0 Å². The van der Waals surface area contributed by atoms with Gasteiger partial charge in [-0.2, -0.15) is 0 Å². The van der Waals surface area contributed by atoms with Crippen LogP contribution < -0.4 is 10.1 Å². The second kappa shape index (κ2) is 6.99. The Hall–Kier alpha value is -2.09. The van der Waals surface area contributed by atoms with Crippen molar-refractivity contribution >= 4 is 11.8 Å². The van der Waals surface area contributed by atoms with E-state index < -0.39 is 42.0 Å². The number of hydrogen-bond donors (Lipinski definition) is 3. The average molecular weight is 333 g/mol. The van der Waals surface area contributed by atoms with Gasteiger partial charge < -0.3 is 19.7 Å². The molecule has 0 saturated heterocycles. The highest BCUT2D eigenvalue weighted by Gasteiger charge is 2.33. The lowest BCUT2D eigenvalue weighted by Gasteiger charge is -2.22. The Bertz CT molecular complexity index is 570. The number of amides is 1. The molecule has 0 unspecified atom stereocenters. The average Bonchev–Trinajstić information content (AvgIpc) is 2.38. The summed E-state index contributed by atoms with van der Waals surface area (Å²) in [5.74, 6) is -4.08. The molecule has 23 heavy (non-hydrogen) atoms. The lowest BCUT2D eigenvalue weighted by atomic mass is 10.0. The molecular formula is C15H21F2NO5. The molecule has 0 aliphatic carbocycles. The number of carbonyl (C=O) groups is 1. The summed E-state index contributed by atoms with van der Waals surface area (Å²) in [5.41, 5.74) is -1.57. The molecule has 0 bridgehead atoms. The number of benzene rings is 1. The zero-order valence-corrected chi connectivity index (χ0v) is 13.4. The van der Waals surface area contributed by atoms with Crippen LogP contribution in [0.2, 0.25) is 0 Å². The summed E-state index contributed by atoms with van der Waals surface area (Å²) in [7, 11) is 1.19. The molecule has 1 aromatic carbocycles. The van der Waals surface area contributed by atoms with Crippen molar-refractivity contribution in [1.82, 2.24) is 0 Å². The van der Waals surface area contributed by atoms with Gasteiger partial charge in [0.25, 0.3) is 5.92 Å². The Morgan fingerprint density at radius 2 is 1.91 bits per heavy atom. The van der Waals surface area contributed by atoms with Crippen LogP contribution in [0.3, 0.4) is 0 Å². The number of methoxy groups -OCH3 is 1. The second-order valence-electron chi connectivity index (χ2n) is 5.88. The lowest BCUT2D eigenvalue weighted by Crippen LogP contribution is -2.27. The normalized spacial score (nSPS) is 12.0. The van der Waals surface area contributed by atoms with E-state index in [0.717, 1.165) is 12.1 Å². The molecule has 0 radical (unpaired) electrons. The Morgan fingerprint density at radius 3 is 2.39 bits per heavy atom. The predicted molar refractivity (Wildman–Crippen MR) is 80.1 cm³/mol. The molecule has 0 aromatic heterocycles. The summed E-state index contributed by atoms with van der Waals surface area (Å²) in [4.78, 5) is 11.8. The standard InChI is InChI=1S/C15H21F2NO5/c1-14(2,3)23-13(21)18-10-7-9(15(16,17)5-6-19)8-11(22-4)12(10)20/h7-8,19-20H,5-6H2,1-4H3,(H,18,21). The molecule has 0 aliphatic rings. The van der Waals surface area contributed by atoms with Gasteiger partial charge in [-0.15, -0.1) is 0 Å². The van der Waals surface area contributed by atoms with Gasteiger partial charge >= 0.3 is 6.09 Å². The maximum atomic E-state index is 14.0. The minimum atomic E-state index is -3.35. The van der Waals surface area contributed by atoms with E-state index in [9.17, 15) is 18.7 Å². The van der Waals surface area contributed by atoms with Crippen molar-refractivity contribution in [2.75, 3.05) is 19.0 Å². The van der Waals surface area contributed by atoms with E-state index in [2.05, 4.69) is 5.32 Å². The molecule has 8 heteroatoms. The first-order chi connectivity index (χ1) is 10.5. The fourth-order valence-electron chi connectivity index (χ4n) is 1.77. The summed E-state index contributed by atoms with van der Waals surface area (Å²) < 4.78 is 37.8. The van der Waals surface area contributed by atoms with Crippen LogP contribution >= 0.6 is 0 Å². The number of anilines is 1. The Balaban J connectivity index is 3.18. The van der Waals surface area contributed by atoms with Crippen molar-refractivity contribution in [1.29, 1.82) is 0 Å². The zero-order valence-electron chi connectivity index (χ0n) is 13.4. The Kier molecular flexibility index (Phi) is 5.76. The summed E-state index contributed by atoms with van der Waals surface area (Å²) in [6, 6.07) is 1.86. The maximum absolute atomic E-state index is 14.0. The van der Waals surface area contributed by atoms with Gasteiger partial charge in [0.2, 0.25) is 0 Å². The fourth-order valence-corrected chi connectivity index (χ4v) is 1.77. The monoisotopic (exact) mass is 333 g/mol. The number of aromatic hydroxyl groups is 1. The third-order valence-corrected chi connectivity index (χ3v) is 2.78. The first kappa shape index (κ1) is 19.0. The van der Waals surface area contributed by atoms with Crippen molar-refractivity contribution in [2.45, 2.75) is 38.7 Å². The summed E-state index contributed by atoms with van der Waals surface area (Å²) in [6.45, 7) is 4.20. The smallest absolute Gasteiger partial charge is 0.412 e. The predicted octanol–water partition coefficient (Wildman–Crippen LogP) is 3.22. The van der Waals surface area contributed by atoms with Crippen LogP contribution in [0, 0.1) is 0 Å². The van der Waals surface area contributed by atoms with E-state index in [1.54, 1.807) is 20.8 Å². The molecule has 1 aromatic rings. The highest BCUT2D eigenvalue weighted by molar-refractivity contribution is 5.88. The Morgan fingerprint density at radius 1 is 1.30 bits per heavy atom. The van der Waals surface area contributed by atoms with Crippen molar-refractivity contribution < 1.29 is 33.3 Å². The van der Waals surface area contributed by atoms with Crippen molar-refractivity contribution in [3.63, 3.8) is 0 Å². The quantitative estimate of drug-likeness (QED) is 0.720. The van der Waals surface area contributed by atoms with Gasteiger partial charge in [0, 0.05) is 18.6 Å². The first-order valence-corrected chi connectivity index (χ1v) is 6.90. The summed E-state index contributed by atoms with van der Waals surface area (Å²) in [6.07, 6.45) is -1.70. The largest absolute Gasteiger partial charge is 0.503 e. The molecule has 0 saturated carbocycles. The number of halogens is 2. The molecule has 0 fully saturated rings. The number of alkyl halides is 2. The Labute approximate surface area is 133 Å².